The predicted molar refractivity (Wildman–Crippen MR) is 79.1 cm³/mol. The van der Waals surface area contributed by atoms with Gasteiger partial charge in [0.15, 0.2) is 0 Å². The van der Waals surface area contributed by atoms with Gasteiger partial charge in [0.25, 0.3) is 0 Å². The summed E-state index contributed by atoms with van der Waals surface area (Å²) in [6.45, 7) is 12.1. The van der Waals surface area contributed by atoms with Crippen LogP contribution in [-0.4, -0.2) is 19.7 Å². The van der Waals surface area contributed by atoms with E-state index in [2.05, 4.69) is 37.6 Å². The molecule has 0 saturated heterocycles. The van der Waals surface area contributed by atoms with Gasteiger partial charge in [-0.2, -0.15) is 0 Å². The molecule has 108 valence electrons. The fraction of sp³-hybridized carbons (Fsp3) is 0.857. The van der Waals surface area contributed by atoms with Gasteiger partial charge in [-0.15, -0.1) is 0 Å². The van der Waals surface area contributed by atoms with Crippen molar-refractivity contribution in [2.45, 2.75) is 66.3 Å². The highest BCUT2D eigenvalue weighted by molar-refractivity contribution is 7.89. The summed E-state index contributed by atoms with van der Waals surface area (Å²) in [5, 5.41) is 0. The lowest BCUT2D eigenvalue weighted by Gasteiger charge is -2.20. The number of hydrogen-bond acceptors (Lipinski definition) is 2. The molecular weight excluding hydrogens is 246 g/mol. The first-order chi connectivity index (χ1) is 7.91. The van der Waals surface area contributed by atoms with Crippen LogP contribution in [0.4, 0.5) is 0 Å². The second kappa shape index (κ2) is 6.71. The number of sulfonamides is 1. The van der Waals surface area contributed by atoms with Crippen LogP contribution in [-0.2, 0) is 10.0 Å². The minimum atomic E-state index is -3.14. The zero-order valence-corrected chi connectivity index (χ0v) is 13.5. The molecule has 1 N–H and O–H groups in total. The van der Waals surface area contributed by atoms with Gasteiger partial charge in [-0.1, -0.05) is 32.9 Å². The monoisotopic (exact) mass is 275 g/mol. The van der Waals surface area contributed by atoms with Crippen LogP contribution in [0, 0.1) is 5.41 Å². The summed E-state index contributed by atoms with van der Waals surface area (Å²) >= 11 is 0. The fourth-order valence-corrected chi connectivity index (χ4v) is 3.05. The Morgan fingerprint density at radius 1 is 1.00 bits per heavy atom. The Hall–Kier alpha value is -0.350. The lowest BCUT2D eigenvalue weighted by Crippen LogP contribution is -2.41. The Labute approximate surface area is 113 Å². The molecule has 18 heavy (non-hydrogen) atoms. The molecule has 0 atom stereocenters. The van der Waals surface area contributed by atoms with Crippen molar-refractivity contribution in [2.24, 2.45) is 5.41 Å². The standard InChI is InChI=1S/C14H29NO2S/c1-13(2,3)11-9-7-8-10-12-18(16,17)15-14(4,5)6/h7,9,15H,8,10-12H2,1-6H3/b9-7+. The maximum absolute atomic E-state index is 11.7. The summed E-state index contributed by atoms with van der Waals surface area (Å²) in [7, 11) is -3.14. The SMILES string of the molecule is CC(C)(C)C/C=C/CCCS(=O)(=O)NC(C)(C)C. The van der Waals surface area contributed by atoms with Gasteiger partial charge >= 0.3 is 0 Å². The first-order valence-corrected chi connectivity index (χ1v) is 8.23. The van der Waals surface area contributed by atoms with Crippen LogP contribution in [0.5, 0.6) is 0 Å². The maximum Gasteiger partial charge on any atom is 0.212 e. The Kier molecular flexibility index (Phi) is 6.58. The van der Waals surface area contributed by atoms with Crippen LogP contribution in [0.15, 0.2) is 12.2 Å². The summed E-state index contributed by atoms with van der Waals surface area (Å²) in [5.41, 5.74) is -0.0860. The van der Waals surface area contributed by atoms with Crippen molar-refractivity contribution >= 4 is 10.0 Å². The molecule has 3 nitrogen and oxygen atoms in total. The number of hydrogen-bond donors (Lipinski definition) is 1. The summed E-state index contributed by atoms with van der Waals surface area (Å²) < 4.78 is 26.1. The summed E-state index contributed by atoms with van der Waals surface area (Å²) in [6, 6.07) is 0. The van der Waals surface area contributed by atoms with E-state index in [1.807, 2.05) is 20.8 Å². The van der Waals surface area contributed by atoms with Gasteiger partial charge < -0.3 is 0 Å². The summed E-state index contributed by atoms with van der Waals surface area (Å²) in [4.78, 5) is 0. The van der Waals surface area contributed by atoms with E-state index in [-0.39, 0.29) is 11.3 Å². The van der Waals surface area contributed by atoms with E-state index >= 15 is 0 Å². The molecule has 4 heteroatoms. The van der Waals surface area contributed by atoms with Gasteiger partial charge in [0, 0.05) is 5.54 Å². The smallest absolute Gasteiger partial charge is 0.212 e. The molecule has 0 radical (unpaired) electrons. The zero-order chi connectivity index (χ0) is 14.4. The second-order valence-corrected chi connectivity index (χ2v) is 8.89. The van der Waals surface area contributed by atoms with Crippen LogP contribution < -0.4 is 4.72 Å². The van der Waals surface area contributed by atoms with E-state index in [9.17, 15) is 8.42 Å². The largest absolute Gasteiger partial charge is 0.212 e. The molecule has 0 aliphatic rings. The quantitative estimate of drug-likeness (QED) is 0.596. The van der Waals surface area contributed by atoms with E-state index in [0.717, 1.165) is 12.8 Å². The molecule has 0 aromatic heterocycles. The Balaban J connectivity index is 3.92. The molecule has 0 rings (SSSR count). The van der Waals surface area contributed by atoms with Crippen molar-refractivity contribution in [2.75, 3.05) is 5.75 Å². The Bertz CT molecular complexity index is 356. The molecule has 0 aromatic carbocycles. The highest BCUT2D eigenvalue weighted by Crippen LogP contribution is 2.18. The predicted octanol–water partition coefficient (Wildman–Crippen LogP) is 3.48. The highest BCUT2D eigenvalue weighted by atomic mass is 32.2. The van der Waals surface area contributed by atoms with Gasteiger partial charge in [0.1, 0.15) is 0 Å². The van der Waals surface area contributed by atoms with Crippen LogP contribution >= 0.6 is 0 Å². The van der Waals surface area contributed by atoms with Gasteiger partial charge in [0.2, 0.25) is 10.0 Å². The third kappa shape index (κ3) is 12.1. The lowest BCUT2D eigenvalue weighted by molar-refractivity contribution is 0.420. The molecule has 0 fully saturated rings. The van der Waals surface area contributed by atoms with E-state index < -0.39 is 10.0 Å². The highest BCUT2D eigenvalue weighted by Gasteiger charge is 2.18. The van der Waals surface area contributed by atoms with Gasteiger partial charge in [-0.05, 0) is 45.4 Å². The zero-order valence-electron chi connectivity index (χ0n) is 12.7. The molecule has 0 aromatic rings. The van der Waals surface area contributed by atoms with Crippen molar-refractivity contribution in [3.63, 3.8) is 0 Å². The maximum atomic E-state index is 11.7. The van der Waals surface area contributed by atoms with E-state index in [1.54, 1.807) is 0 Å². The summed E-state index contributed by atoms with van der Waals surface area (Å²) in [6.07, 6.45) is 6.74. The van der Waals surface area contributed by atoms with E-state index in [1.165, 1.54) is 0 Å². The molecule has 0 spiro atoms. The van der Waals surface area contributed by atoms with Crippen molar-refractivity contribution in [1.82, 2.24) is 4.72 Å². The van der Waals surface area contributed by atoms with Crippen molar-refractivity contribution in [1.29, 1.82) is 0 Å². The molecule has 0 aliphatic heterocycles. The summed E-state index contributed by atoms with van der Waals surface area (Å²) in [5.74, 6) is 0.199. The van der Waals surface area contributed by atoms with Crippen molar-refractivity contribution in [3.05, 3.63) is 12.2 Å². The Morgan fingerprint density at radius 3 is 2.00 bits per heavy atom. The van der Waals surface area contributed by atoms with Crippen LogP contribution in [0.3, 0.4) is 0 Å². The van der Waals surface area contributed by atoms with E-state index in [0.29, 0.717) is 11.8 Å². The number of rotatable bonds is 6. The number of allylic oxidation sites excluding steroid dienone is 2. The molecular formula is C14H29NO2S. The third-order valence-corrected chi connectivity index (χ3v) is 3.89. The second-order valence-electron chi connectivity index (χ2n) is 7.05. The van der Waals surface area contributed by atoms with Gasteiger partial charge in [-0.3, -0.25) is 0 Å². The average Bonchev–Trinajstić information content (AvgIpc) is 2.04. The van der Waals surface area contributed by atoms with Crippen molar-refractivity contribution in [3.8, 4) is 0 Å². The molecule has 0 unspecified atom stereocenters. The van der Waals surface area contributed by atoms with Gasteiger partial charge in [-0.25, -0.2) is 13.1 Å². The van der Waals surface area contributed by atoms with Crippen LogP contribution in [0.1, 0.15) is 60.8 Å². The first-order valence-electron chi connectivity index (χ1n) is 6.58. The number of unbranched alkanes of at least 4 members (excludes halogenated alkanes) is 1. The van der Waals surface area contributed by atoms with E-state index in [4.69, 9.17) is 0 Å². The normalized spacial score (nSPS) is 14.3. The third-order valence-electron chi connectivity index (χ3n) is 2.14. The van der Waals surface area contributed by atoms with Crippen molar-refractivity contribution < 1.29 is 8.42 Å². The fourth-order valence-electron chi connectivity index (χ4n) is 1.46. The Morgan fingerprint density at radius 2 is 1.56 bits per heavy atom. The first kappa shape index (κ1) is 17.6. The molecule has 0 amide bonds. The molecule has 0 bridgehead atoms. The van der Waals surface area contributed by atoms with Gasteiger partial charge in [0.05, 0.1) is 5.75 Å². The van der Waals surface area contributed by atoms with Crippen LogP contribution in [0.25, 0.3) is 0 Å². The minimum absolute atomic E-state index is 0.199. The topological polar surface area (TPSA) is 46.2 Å². The molecule has 0 heterocycles. The number of nitrogens with one attached hydrogen (secondary N) is 1. The average molecular weight is 275 g/mol. The molecule has 0 aliphatic carbocycles. The minimum Gasteiger partial charge on any atom is -0.212 e. The van der Waals surface area contributed by atoms with Crippen LogP contribution in [0.2, 0.25) is 0 Å². The lowest BCUT2D eigenvalue weighted by atomic mass is 9.92. The molecule has 0 saturated carbocycles.